The lowest BCUT2D eigenvalue weighted by molar-refractivity contribution is 0.104. The van der Waals surface area contributed by atoms with E-state index in [1.807, 2.05) is 16.7 Å². The van der Waals surface area contributed by atoms with Crippen molar-refractivity contribution in [2.75, 3.05) is 6.61 Å². The minimum Gasteiger partial charge on any atom is -0.370 e. The average Bonchev–Trinajstić information content (AvgIpc) is 2.82. The summed E-state index contributed by atoms with van der Waals surface area (Å²) in [5.41, 5.74) is 0.771. The lowest BCUT2D eigenvalue weighted by Gasteiger charge is -2.06. The number of halogens is 1. The molecule has 0 spiro atoms. The minimum atomic E-state index is 0.0844. The molecule has 1 unspecified atom stereocenters. The maximum atomic E-state index is 5.88. The molecule has 2 aromatic rings. The van der Waals surface area contributed by atoms with Gasteiger partial charge in [-0.05, 0) is 18.9 Å². The highest BCUT2D eigenvalue weighted by atomic mass is 35.5. The third-order valence-corrected chi connectivity index (χ3v) is 2.85. The number of ether oxygens (including phenoxy) is 1. The lowest BCUT2D eigenvalue weighted by Crippen LogP contribution is -2.02. The van der Waals surface area contributed by atoms with Crippen LogP contribution in [0.1, 0.15) is 24.8 Å². The van der Waals surface area contributed by atoms with E-state index < -0.39 is 0 Å². The van der Waals surface area contributed by atoms with Gasteiger partial charge in [-0.2, -0.15) is 0 Å². The summed E-state index contributed by atoms with van der Waals surface area (Å²) in [7, 11) is 0. The molecule has 0 aliphatic carbocycles. The summed E-state index contributed by atoms with van der Waals surface area (Å²) in [6.07, 6.45) is 4.08. The molecule has 3 rings (SSSR count). The van der Waals surface area contributed by atoms with Gasteiger partial charge in [-0.15, -0.1) is 10.2 Å². The molecule has 0 amide bonds. The number of fused-ring (bicyclic) bond motifs is 1. The molecule has 1 atom stereocenters. The van der Waals surface area contributed by atoms with Crippen LogP contribution in [0.3, 0.4) is 0 Å². The molecule has 0 bridgehead atoms. The van der Waals surface area contributed by atoms with E-state index in [-0.39, 0.29) is 6.10 Å². The maximum Gasteiger partial charge on any atom is 0.166 e. The summed E-state index contributed by atoms with van der Waals surface area (Å²) in [6.45, 7) is 0.813. The van der Waals surface area contributed by atoms with Gasteiger partial charge in [0, 0.05) is 23.9 Å². The Morgan fingerprint density at radius 3 is 3.20 bits per heavy atom. The van der Waals surface area contributed by atoms with Gasteiger partial charge in [0.2, 0.25) is 0 Å². The van der Waals surface area contributed by atoms with Crippen LogP contribution in [0.5, 0.6) is 0 Å². The molecule has 15 heavy (non-hydrogen) atoms. The Bertz CT molecular complexity index is 490. The zero-order valence-electron chi connectivity index (χ0n) is 8.06. The Hall–Kier alpha value is -1.13. The molecule has 5 heteroatoms. The lowest BCUT2D eigenvalue weighted by atomic mass is 10.2. The molecule has 1 aliphatic rings. The highest BCUT2D eigenvalue weighted by molar-refractivity contribution is 6.30. The second kappa shape index (κ2) is 3.47. The van der Waals surface area contributed by atoms with Crippen molar-refractivity contribution in [3.05, 3.63) is 29.2 Å². The van der Waals surface area contributed by atoms with Gasteiger partial charge in [-0.3, -0.25) is 4.40 Å². The first-order valence-corrected chi connectivity index (χ1v) is 5.34. The van der Waals surface area contributed by atoms with Gasteiger partial charge in [0.05, 0.1) is 0 Å². The summed E-state index contributed by atoms with van der Waals surface area (Å²) in [5, 5.41) is 8.90. The number of hydrogen-bond donors (Lipinski definition) is 0. The fraction of sp³-hybridized carbons (Fsp3) is 0.400. The highest BCUT2D eigenvalue weighted by Crippen LogP contribution is 2.27. The molecule has 4 nitrogen and oxygen atoms in total. The van der Waals surface area contributed by atoms with E-state index in [0.717, 1.165) is 30.9 Å². The van der Waals surface area contributed by atoms with E-state index in [2.05, 4.69) is 10.2 Å². The van der Waals surface area contributed by atoms with Crippen LogP contribution in [0.2, 0.25) is 5.02 Å². The first-order chi connectivity index (χ1) is 7.34. The second-order valence-electron chi connectivity index (χ2n) is 3.63. The van der Waals surface area contributed by atoms with Crippen molar-refractivity contribution < 1.29 is 4.74 Å². The minimum absolute atomic E-state index is 0.0844. The summed E-state index contributed by atoms with van der Waals surface area (Å²) >= 11 is 5.88. The first-order valence-electron chi connectivity index (χ1n) is 4.96. The standard InChI is InChI=1S/C10H10ClN3O/c11-7-3-4-14-9(6-7)12-13-10(14)8-2-1-5-15-8/h3-4,6,8H,1-2,5H2. The molecule has 0 N–H and O–H groups in total. The van der Waals surface area contributed by atoms with Gasteiger partial charge >= 0.3 is 0 Å². The van der Waals surface area contributed by atoms with Crippen LogP contribution in [-0.2, 0) is 4.74 Å². The predicted octanol–water partition coefficient (Wildman–Crippen LogP) is 2.23. The van der Waals surface area contributed by atoms with Crippen LogP contribution in [0, 0.1) is 0 Å². The predicted molar refractivity (Wildman–Crippen MR) is 55.9 cm³/mol. The molecule has 0 saturated carbocycles. The van der Waals surface area contributed by atoms with Crippen molar-refractivity contribution in [2.24, 2.45) is 0 Å². The van der Waals surface area contributed by atoms with Gasteiger partial charge < -0.3 is 4.74 Å². The third kappa shape index (κ3) is 1.50. The normalized spacial score (nSPS) is 21.3. The van der Waals surface area contributed by atoms with Gasteiger partial charge in [0.25, 0.3) is 0 Å². The van der Waals surface area contributed by atoms with Crippen molar-refractivity contribution in [2.45, 2.75) is 18.9 Å². The molecule has 2 aromatic heterocycles. The van der Waals surface area contributed by atoms with Crippen LogP contribution in [-0.4, -0.2) is 21.2 Å². The Labute approximate surface area is 91.8 Å². The van der Waals surface area contributed by atoms with Crippen LogP contribution in [0.25, 0.3) is 5.65 Å². The van der Waals surface area contributed by atoms with Crippen molar-refractivity contribution in [3.63, 3.8) is 0 Å². The second-order valence-corrected chi connectivity index (χ2v) is 4.07. The number of nitrogens with zero attached hydrogens (tertiary/aromatic N) is 3. The van der Waals surface area contributed by atoms with E-state index >= 15 is 0 Å². The van der Waals surface area contributed by atoms with E-state index in [9.17, 15) is 0 Å². The Morgan fingerprint density at radius 2 is 2.40 bits per heavy atom. The van der Waals surface area contributed by atoms with Crippen LogP contribution < -0.4 is 0 Å². The summed E-state index contributed by atoms with van der Waals surface area (Å²) in [5.74, 6) is 0.874. The first kappa shape index (κ1) is 9.12. The Balaban J connectivity index is 2.11. The molecule has 1 saturated heterocycles. The number of rotatable bonds is 1. The fourth-order valence-corrected chi connectivity index (χ4v) is 2.04. The number of hydrogen-bond acceptors (Lipinski definition) is 3. The van der Waals surface area contributed by atoms with Crippen molar-refractivity contribution in [1.82, 2.24) is 14.6 Å². The number of pyridine rings is 1. The molecule has 3 heterocycles. The molecule has 78 valence electrons. The molecule has 0 aromatic carbocycles. The SMILES string of the molecule is Clc1ccn2c(C3CCCO3)nnc2c1. The quantitative estimate of drug-likeness (QED) is 0.744. The van der Waals surface area contributed by atoms with E-state index in [1.54, 1.807) is 6.07 Å². The highest BCUT2D eigenvalue weighted by Gasteiger charge is 2.22. The van der Waals surface area contributed by atoms with E-state index in [1.165, 1.54) is 0 Å². The summed E-state index contributed by atoms with van der Waals surface area (Å²) < 4.78 is 7.51. The topological polar surface area (TPSA) is 39.4 Å². The van der Waals surface area contributed by atoms with Gasteiger partial charge in [-0.1, -0.05) is 11.6 Å². The van der Waals surface area contributed by atoms with Crippen LogP contribution in [0.15, 0.2) is 18.3 Å². The molecule has 1 fully saturated rings. The van der Waals surface area contributed by atoms with Crippen molar-refractivity contribution >= 4 is 17.2 Å². The fourth-order valence-electron chi connectivity index (χ4n) is 1.89. The van der Waals surface area contributed by atoms with E-state index in [4.69, 9.17) is 16.3 Å². The van der Waals surface area contributed by atoms with Gasteiger partial charge in [0.15, 0.2) is 11.5 Å². The van der Waals surface area contributed by atoms with Gasteiger partial charge in [0.1, 0.15) is 6.10 Å². The monoisotopic (exact) mass is 223 g/mol. The van der Waals surface area contributed by atoms with Crippen LogP contribution in [0.4, 0.5) is 0 Å². The van der Waals surface area contributed by atoms with Gasteiger partial charge in [-0.25, -0.2) is 0 Å². The Morgan fingerprint density at radius 1 is 1.47 bits per heavy atom. The van der Waals surface area contributed by atoms with Crippen LogP contribution >= 0.6 is 11.6 Å². The molecular formula is C10H10ClN3O. The van der Waals surface area contributed by atoms with E-state index in [0.29, 0.717) is 5.02 Å². The largest absolute Gasteiger partial charge is 0.370 e. The summed E-state index contributed by atoms with van der Waals surface area (Å²) in [4.78, 5) is 0. The summed E-state index contributed by atoms with van der Waals surface area (Å²) in [6, 6.07) is 3.63. The van der Waals surface area contributed by atoms with Crippen molar-refractivity contribution in [1.29, 1.82) is 0 Å². The Kier molecular flexibility index (Phi) is 2.11. The van der Waals surface area contributed by atoms with Crippen molar-refractivity contribution in [3.8, 4) is 0 Å². The zero-order valence-corrected chi connectivity index (χ0v) is 8.81. The molecule has 0 radical (unpaired) electrons. The number of aromatic nitrogens is 3. The smallest absolute Gasteiger partial charge is 0.166 e. The molecular weight excluding hydrogens is 214 g/mol. The average molecular weight is 224 g/mol. The maximum absolute atomic E-state index is 5.88. The zero-order chi connectivity index (χ0) is 10.3. The third-order valence-electron chi connectivity index (χ3n) is 2.62. The molecule has 1 aliphatic heterocycles.